The Bertz CT molecular complexity index is 1630. The van der Waals surface area contributed by atoms with E-state index >= 15 is 0 Å². The van der Waals surface area contributed by atoms with Crippen molar-refractivity contribution in [3.63, 3.8) is 0 Å². The molecule has 12 heteroatoms. The smallest absolute Gasteiger partial charge is 0.345 e. The van der Waals surface area contributed by atoms with Crippen molar-refractivity contribution < 1.29 is 4.39 Å². The third-order valence-electron chi connectivity index (χ3n) is 7.82. The normalized spacial score (nSPS) is 20.2. The summed E-state index contributed by atoms with van der Waals surface area (Å²) in [6, 6.07) is 12.0. The monoisotopic (exact) mass is 593 g/mol. The van der Waals surface area contributed by atoms with Crippen molar-refractivity contribution in [3.8, 4) is 6.07 Å². The first-order chi connectivity index (χ1) is 18.7. The van der Waals surface area contributed by atoms with Crippen LogP contribution in [0.25, 0.3) is 11.0 Å². The molecule has 3 atom stereocenters. The van der Waals surface area contributed by atoms with Crippen LogP contribution in [0.2, 0.25) is 0 Å². The summed E-state index contributed by atoms with van der Waals surface area (Å²) in [7, 11) is 3.47. The van der Waals surface area contributed by atoms with Crippen molar-refractivity contribution in [3.05, 3.63) is 74.5 Å². The number of nitrogens with one attached hydrogen (secondary N) is 1. The number of nitrogens with zero attached hydrogens (tertiary/aromatic N) is 8. The van der Waals surface area contributed by atoms with Crippen LogP contribution in [0.5, 0.6) is 0 Å². The molecule has 1 fully saturated rings. The predicted molar refractivity (Wildman–Crippen MR) is 149 cm³/mol. The predicted octanol–water partition coefficient (Wildman–Crippen LogP) is 3.40. The summed E-state index contributed by atoms with van der Waals surface area (Å²) in [5.74, 6) is 0.368. The zero-order chi connectivity index (χ0) is 27.9. The Labute approximate surface area is 233 Å². The zero-order valence-electron chi connectivity index (χ0n) is 22.2. The third kappa shape index (κ3) is 4.59. The Morgan fingerprint density at radius 3 is 2.54 bits per heavy atom. The van der Waals surface area contributed by atoms with Crippen molar-refractivity contribution in [2.24, 2.45) is 14.1 Å². The standard InChI is InChI=1S/C27H29BrFN9O/c1-5-18-14-38(24-22-20(36(3)26(39)34-24)12-11-19(13-30)32-22)27(6-2,15-31-18)21(16-7-9-17(29)10-8-16)23-33-25(28)35-37(23)4/h7-12,18,21,31H,5-6,14-15H2,1-4H3/t18-,21?,27-/m1/s1. The van der Waals surface area contributed by atoms with Crippen LogP contribution in [-0.4, -0.2) is 54.0 Å². The fourth-order valence-corrected chi connectivity index (χ4v) is 6.08. The Balaban J connectivity index is 1.83. The molecule has 1 N–H and O–H groups in total. The maximum absolute atomic E-state index is 14.1. The summed E-state index contributed by atoms with van der Waals surface area (Å²) in [6.07, 6.45) is 1.48. The van der Waals surface area contributed by atoms with Crippen LogP contribution < -0.4 is 15.9 Å². The van der Waals surface area contributed by atoms with E-state index in [1.54, 1.807) is 36.0 Å². The molecule has 0 saturated carbocycles. The van der Waals surface area contributed by atoms with E-state index < -0.39 is 17.1 Å². The van der Waals surface area contributed by atoms with E-state index in [-0.39, 0.29) is 17.6 Å². The molecule has 5 rings (SSSR count). The number of aryl methyl sites for hydroxylation is 2. The average Bonchev–Trinajstić information content (AvgIpc) is 3.28. The molecule has 4 heterocycles. The molecule has 1 aliphatic rings. The lowest BCUT2D eigenvalue weighted by Gasteiger charge is -2.54. The maximum Gasteiger partial charge on any atom is 0.349 e. The SMILES string of the molecule is CC[C@@H]1CN(c2nc(=O)n(C)c3ccc(C#N)nc23)[C@@](CC)(C(c2ccc(F)cc2)c2nc(Br)nn2C)CN1. The van der Waals surface area contributed by atoms with Gasteiger partial charge in [-0.05, 0) is 58.6 Å². The highest BCUT2D eigenvalue weighted by Crippen LogP contribution is 2.45. The van der Waals surface area contributed by atoms with Gasteiger partial charge in [-0.3, -0.25) is 9.25 Å². The van der Waals surface area contributed by atoms with Crippen LogP contribution in [0.1, 0.15) is 49.7 Å². The van der Waals surface area contributed by atoms with Gasteiger partial charge in [0.2, 0.25) is 4.73 Å². The molecular weight excluding hydrogens is 565 g/mol. The summed E-state index contributed by atoms with van der Waals surface area (Å²) in [5.41, 5.74) is 1.02. The number of pyridine rings is 1. The summed E-state index contributed by atoms with van der Waals surface area (Å²) < 4.78 is 17.7. The highest BCUT2D eigenvalue weighted by Gasteiger charge is 2.50. The second kappa shape index (κ2) is 10.5. The van der Waals surface area contributed by atoms with Gasteiger partial charge in [0, 0.05) is 33.2 Å². The quantitative estimate of drug-likeness (QED) is 0.361. The molecular formula is C27H29BrFN9O. The van der Waals surface area contributed by atoms with Gasteiger partial charge in [0.1, 0.15) is 28.9 Å². The number of piperazine rings is 1. The van der Waals surface area contributed by atoms with Crippen molar-refractivity contribution in [2.45, 2.75) is 44.2 Å². The van der Waals surface area contributed by atoms with E-state index in [9.17, 15) is 14.4 Å². The number of fused-ring (bicyclic) bond motifs is 1. The summed E-state index contributed by atoms with van der Waals surface area (Å²) in [4.78, 5) is 29.2. The van der Waals surface area contributed by atoms with E-state index in [0.717, 1.165) is 12.0 Å². The molecule has 1 unspecified atom stereocenters. The number of aromatic nitrogens is 6. The fraction of sp³-hybridized carbons (Fsp3) is 0.407. The number of anilines is 1. The first-order valence-electron chi connectivity index (χ1n) is 12.8. The van der Waals surface area contributed by atoms with Crippen LogP contribution in [-0.2, 0) is 14.1 Å². The molecule has 202 valence electrons. The van der Waals surface area contributed by atoms with Crippen molar-refractivity contribution in [1.82, 2.24) is 34.6 Å². The Morgan fingerprint density at radius 1 is 1.18 bits per heavy atom. The van der Waals surface area contributed by atoms with E-state index in [1.807, 2.05) is 7.05 Å². The fourth-order valence-electron chi connectivity index (χ4n) is 5.66. The van der Waals surface area contributed by atoms with Gasteiger partial charge in [-0.15, -0.1) is 5.10 Å². The molecule has 1 aliphatic heterocycles. The van der Waals surface area contributed by atoms with Crippen molar-refractivity contribution >= 4 is 32.8 Å². The molecule has 10 nitrogen and oxygen atoms in total. The van der Waals surface area contributed by atoms with Crippen molar-refractivity contribution in [1.29, 1.82) is 5.26 Å². The second-order valence-electron chi connectivity index (χ2n) is 9.85. The zero-order valence-corrected chi connectivity index (χ0v) is 23.8. The molecule has 0 bridgehead atoms. The molecule has 1 saturated heterocycles. The second-order valence-corrected chi connectivity index (χ2v) is 10.6. The lowest BCUT2D eigenvalue weighted by molar-refractivity contribution is 0.239. The van der Waals surface area contributed by atoms with Crippen LogP contribution in [0.3, 0.4) is 0 Å². The van der Waals surface area contributed by atoms with E-state index in [1.165, 1.54) is 16.7 Å². The van der Waals surface area contributed by atoms with Crippen molar-refractivity contribution in [2.75, 3.05) is 18.0 Å². The number of rotatable bonds is 6. The molecule has 0 aliphatic carbocycles. The van der Waals surface area contributed by atoms with Gasteiger partial charge in [0.25, 0.3) is 0 Å². The van der Waals surface area contributed by atoms with E-state index in [2.05, 4.69) is 61.1 Å². The average molecular weight is 594 g/mol. The molecule has 1 aromatic carbocycles. The lowest BCUT2D eigenvalue weighted by Crippen LogP contribution is -2.68. The molecule has 4 aromatic rings. The van der Waals surface area contributed by atoms with Gasteiger partial charge in [0.15, 0.2) is 5.82 Å². The van der Waals surface area contributed by atoms with Gasteiger partial charge in [-0.25, -0.2) is 19.2 Å². The van der Waals surface area contributed by atoms with Crippen LogP contribution >= 0.6 is 15.9 Å². The van der Waals surface area contributed by atoms with Crippen LogP contribution in [0.15, 0.2) is 45.9 Å². The summed E-state index contributed by atoms with van der Waals surface area (Å²) in [5, 5.41) is 17.8. The molecule has 0 spiro atoms. The number of halogens is 2. The molecule has 0 amide bonds. The third-order valence-corrected chi connectivity index (χ3v) is 8.15. The number of hydrogen-bond donors (Lipinski definition) is 1. The minimum Gasteiger partial charge on any atom is -0.345 e. The highest BCUT2D eigenvalue weighted by atomic mass is 79.9. The van der Waals surface area contributed by atoms with E-state index in [0.29, 0.717) is 46.9 Å². The minimum atomic E-state index is -0.708. The van der Waals surface area contributed by atoms with Gasteiger partial charge in [-0.1, -0.05) is 26.0 Å². The number of benzene rings is 1. The van der Waals surface area contributed by atoms with Crippen LogP contribution in [0, 0.1) is 17.1 Å². The topological polar surface area (TPSA) is 118 Å². The summed E-state index contributed by atoms with van der Waals surface area (Å²) in [6.45, 7) is 5.26. The summed E-state index contributed by atoms with van der Waals surface area (Å²) >= 11 is 3.42. The number of hydrogen-bond acceptors (Lipinski definition) is 8. The highest BCUT2D eigenvalue weighted by molar-refractivity contribution is 9.10. The first-order valence-corrected chi connectivity index (χ1v) is 13.6. The van der Waals surface area contributed by atoms with E-state index in [4.69, 9.17) is 4.98 Å². The Hall–Kier alpha value is -3.69. The van der Waals surface area contributed by atoms with Gasteiger partial charge in [0.05, 0.1) is 17.0 Å². The molecule has 3 aromatic heterocycles. The maximum atomic E-state index is 14.1. The van der Waals surface area contributed by atoms with Crippen LogP contribution in [0.4, 0.5) is 10.2 Å². The molecule has 0 radical (unpaired) electrons. The first kappa shape index (κ1) is 26.9. The van der Waals surface area contributed by atoms with Gasteiger partial charge >= 0.3 is 5.69 Å². The van der Waals surface area contributed by atoms with Gasteiger partial charge in [-0.2, -0.15) is 10.2 Å². The largest absolute Gasteiger partial charge is 0.349 e. The Morgan fingerprint density at radius 2 is 1.92 bits per heavy atom. The Kier molecular flexibility index (Phi) is 7.22. The van der Waals surface area contributed by atoms with Gasteiger partial charge < -0.3 is 10.2 Å². The minimum absolute atomic E-state index is 0.116. The lowest BCUT2D eigenvalue weighted by atomic mass is 9.73. The number of nitriles is 1. The molecule has 39 heavy (non-hydrogen) atoms.